The van der Waals surface area contributed by atoms with E-state index in [0.29, 0.717) is 16.3 Å². The summed E-state index contributed by atoms with van der Waals surface area (Å²) in [6, 6.07) is 4.50. The molecule has 2 rings (SSSR count). The van der Waals surface area contributed by atoms with Gasteiger partial charge < -0.3 is 9.64 Å². The zero-order valence-electron chi connectivity index (χ0n) is 12.4. The molecule has 0 heterocycles. The first-order valence-electron chi connectivity index (χ1n) is 7.37. The molecule has 1 aliphatic carbocycles. The number of likely N-dealkylation sites (N-methyl/N-ethyl adjacent to an activating group) is 1. The van der Waals surface area contributed by atoms with Gasteiger partial charge in [0.1, 0.15) is 11.6 Å². The highest BCUT2D eigenvalue weighted by Crippen LogP contribution is 2.27. The summed E-state index contributed by atoms with van der Waals surface area (Å²) in [5.74, 6) is 0.111. The van der Waals surface area contributed by atoms with Crippen LogP contribution < -0.4 is 4.74 Å². The molecule has 1 atom stereocenters. The molecule has 116 valence electrons. The monoisotopic (exact) mass is 357 g/mol. The molecule has 0 radical (unpaired) electrons. The van der Waals surface area contributed by atoms with Crippen molar-refractivity contribution in [3.63, 3.8) is 0 Å². The number of halogens is 2. The Bertz CT molecular complexity index is 503. The molecular weight excluding hydrogens is 337 g/mol. The summed E-state index contributed by atoms with van der Waals surface area (Å²) in [6.45, 7) is 1.73. The standard InChI is InChI=1S/C16H21BrFNO2/c1-11(21-15-9-8-12(18)10-14(15)17)16(20)19(2)13-6-4-3-5-7-13/h8-11,13H,3-7H2,1-2H3. The smallest absolute Gasteiger partial charge is 0.263 e. The Labute approximate surface area is 133 Å². The quantitative estimate of drug-likeness (QED) is 0.809. The lowest BCUT2D eigenvalue weighted by molar-refractivity contribution is -0.139. The fourth-order valence-corrected chi connectivity index (χ4v) is 3.19. The Hall–Kier alpha value is -1.10. The molecule has 0 spiro atoms. The third-order valence-corrected chi connectivity index (χ3v) is 4.64. The number of benzene rings is 1. The van der Waals surface area contributed by atoms with Gasteiger partial charge in [-0.2, -0.15) is 0 Å². The third kappa shape index (κ3) is 4.19. The molecule has 1 aromatic carbocycles. The van der Waals surface area contributed by atoms with Crippen molar-refractivity contribution in [2.24, 2.45) is 0 Å². The molecule has 1 aromatic rings. The summed E-state index contributed by atoms with van der Waals surface area (Å²) >= 11 is 3.25. The molecule has 0 N–H and O–H groups in total. The summed E-state index contributed by atoms with van der Waals surface area (Å²) in [7, 11) is 1.85. The summed E-state index contributed by atoms with van der Waals surface area (Å²) in [4.78, 5) is 14.2. The summed E-state index contributed by atoms with van der Waals surface area (Å²) < 4.78 is 19.2. The Kier molecular flexibility index (Phi) is 5.62. The average Bonchev–Trinajstić information content (AvgIpc) is 2.49. The predicted octanol–water partition coefficient (Wildman–Crippen LogP) is 4.15. The van der Waals surface area contributed by atoms with Crippen LogP contribution in [-0.4, -0.2) is 30.0 Å². The van der Waals surface area contributed by atoms with Crippen LogP contribution in [0.25, 0.3) is 0 Å². The molecule has 3 nitrogen and oxygen atoms in total. The van der Waals surface area contributed by atoms with E-state index in [-0.39, 0.29) is 11.7 Å². The zero-order chi connectivity index (χ0) is 15.4. The molecule has 1 amide bonds. The van der Waals surface area contributed by atoms with E-state index in [1.165, 1.54) is 37.5 Å². The topological polar surface area (TPSA) is 29.5 Å². The number of rotatable bonds is 4. The summed E-state index contributed by atoms with van der Waals surface area (Å²) in [6.07, 6.45) is 5.17. The van der Waals surface area contributed by atoms with Crippen LogP contribution in [0.4, 0.5) is 4.39 Å². The molecule has 1 aliphatic rings. The molecule has 21 heavy (non-hydrogen) atoms. The summed E-state index contributed by atoms with van der Waals surface area (Å²) in [5, 5.41) is 0. The van der Waals surface area contributed by atoms with Crippen molar-refractivity contribution in [1.82, 2.24) is 4.90 Å². The van der Waals surface area contributed by atoms with E-state index in [9.17, 15) is 9.18 Å². The second kappa shape index (κ2) is 7.25. The number of amides is 1. The van der Waals surface area contributed by atoms with Crippen LogP contribution in [-0.2, 0) is 4.79 Å². The van der Waals surface area contributed by atoms with Crippen LogP contribution in [0.15, 0.2) is 22.7 Å². The Morgan fingerprint density at radius 3 is 2.67 bits per heavy atom. The molecule has 1 fully saturated rings. The summed E-state index contributed by atoms with van der Waals surface area (Å²) in [5.41, 5.74) is 0. The van der Waals surface area contributed by atoms with Crippen molar-refractivity contribution < 1.29 is 13.9 Å². The van der Waals surface area contributed by atoms with Crippen molar-refractivity contribution >= 4 is 21.8 Å². The fourth-order valence-electron chi connectivity index (χ4n) is 2.75. The van der Waals surface area contributed by atoms with Gasteiger partial charge in [0.25, 0.3) is 5.91 Å². The highest BCUT2D eigenvalue weighted by Gasteiger charge is 2.26. The van der Waals surface area contributed by atoms with Crippen molar-refractivity contribution in [2.45, 2.75) is 51.2 Å². The van der Waals surface area contributed by atoms with Crippen molar-refractivity contribution in [3.05, 3.63) is 28.5 Å². The van der Waals surface area contributed by atoms with Gasteiger partial charge in [-0.3, -0.25) is 4.79 Å². The molecule has 0 saturated heterocycles. The van der Waals surface area contributed by atoms with Gasteiger partial charge >= 0.3 is 0 Å². The minimum Gasteiger partial charge on any atom is -0.480 e. The number of ether oxygens (including phenoxy) is 1. The first-order valence-corrected chi connectivity index (χ1v) is 8.16. The minimum atomic E-state index is -0.585. The number of hydrogen-bond donors (Lipinski definition) is 0. The van der Waals surface area contributed by atoms with Crippen LogP contribution >= 0.6 is 15.9 Å². The van der Waals surface area contributed by atoms with Crippen LogP contribution in [0, 0.1) is 5.82 Å². The number of carbonyl (C=O) groups excluding carboxylic acids is 1. The SMILES string of the molecule is CC(Oc1ccc(F)cc1Br)C(=O)N(C)C1CCCCC1. The Morgan fingerprint density at radius 2 is 2.05 bits per heavy atom. The fraction of sp³-hybridized carbons (Fsp3) is 0.562. The van der Waals surface area contributed by atoms with E-state index < -0.39 is 6.10 Å². The van der Waals surface area contributed by atoms with Crippen molar-refractivity contribution in [2.75, 3.05) is 7.05 Å². The first kappa shape index (κ1) is 16.3. The van der Waals surface area contributed by atoms with Gasteiger partial charge in [0, 0.05) is 13.1 Å². The maximum absolute atomic E-state index is 13.1. The highest BCUT2D eigenvalue weighted by molar-refractivity contribution is 9.10. The van der Waals surface area contributed by atoms with Crippen LogP contribution in [0.3, 0.4) is 0 Å². The molecule has 0 aromatic heterocycles. The van der Waals surface area contributed by atoms with Gasteiger partial charge in [-0.05, 0) is 53.9 Å². The van der Waals surface area contributed by atoms with Crippen molar-refractivity contribution in [3.8, 4) is 5.75 Å². The second-order valence-corrected chi connectivity index (χ2v) is 6.43. The van der Waals surface area contributed by atoms with Crippen LogP contribution in [0.5, 0.6) is 5.75 Å². The lowest BCUT2D eigenvalue weighted by atomic mass is 9.94. The maximum atomic E-state index is 13.1. The molecule has 1 unspecified atom stereocenters. The molecular formula is C16H21BrFNO2. The number of hydrogen-bond acceptors (Lipinski definition) is 2. The molecule has 0 aliphatic heterocycles. The zero-order valence-corrected chi connectivity index (χ0v) is 14.0. The van der Waals surface area contributed by atoms with Gasteiger partial charge in [0.05, 0.1) is 4.47 Å². The maximum Gasteiger partial charge on any atom is 0.263 e. The van der Waals surface area contributed by atoms with Gasteiger partial charge in [0.2, 0.25) is 0 Å². The number of nitrogens with zero attached hydrogens (tertiary/aromatic N) is 1. The molecule has 0 bridgehead atoms. The van der Waals surface area contributed by atoms with Gasteiger partial charge in [0.15, 0.2) is 6.10 Å². The molecule has 1 saturated carbocycles. The third-order valence-electron chi connectivity index (χ3n) is 4.02. The van der Waals surface area contributed by atoms with Gasteiger partial charge in [-0.25, -0.2) is 4.39 Å². The van der Waals surface area contributed by atoms with E-state index in [2.05, 4.69) is 15.9 Å². The normalized spacial score (nSPS) is 17.3. The largest absolute Gasteiger partial charge is 0.480 e. The Morgan fingerprint density at radius 1 is 1.38 bits per heavy atom. The second-order valence-electron chi connectivity index (χ2n) is 5.58. The van der Waals surface area contributed by atoms with Crippen LogP contribution in [0.1, 0.15) is 39.0 Å². The Balaban J connectivity index is 1.98. The first-order chi connectivity index (χ1) is 9.99. The lowest BCUT2D eigenvalue weighted by Gasteiger charge is -2.33. The van der Waals surface area contributed by atoms with E-state index in [4.69, 9.17) is 4.74 Å². The van der Waals surface area contributed by atoms with Crippen LogP contribution in [0.2, 0.25) is 0 Å². The minimum absolute atomic E-state index is 0.0295. The van der Waals surface area contributed by atoms with E-state index in [1.807, 2.05) is 7.05 Å². The van der Waals surface area contributed by atoms with Gasteiger partial charge in [-0.1, -0.05) is 19.3 Å². The molecule has 5 heteroatoms. The van der Waals surface area contributed by atoms with E-state index in [1.54, 1.807) is 11.8 Å². The lowest BCUT2D eigenvalue weighted by Crippen LogP contribution is -2.44. The highest BCUT2D eigenvalue weighted by atomic mass is 79.9. The van der Waals surface area contributed by atoms with E-state index >= 15 is 0 Å². The average molecular weight is 358 g/mol. The van der Waals surface area contributed by atoms with Crippen molar-refractivity contribution in [1.29, 1.82) is 0 Å². The predicted molar refractivity (Wildman–Crippen MR) is 83.8 cm³/mol. The van der Waals surface area contributed by atoms with Gasteiger partial charge in [-0.15, -0.1) is 0 Å². The number of carbonyl (C=O) groups is 1. The van der Waals surface area contributed by atoms with E-state index in [0.717, 1.165) is 12.8 Å².